The second kappa shape index (κ2) is 12.9. The van der Waals surface area contributed by atoms with Gasteiger partial charge in [0.2, 0.25) is 0 Å². The Bertz CT molecular complexity index is 457. The van der Waals surface area contributed by atoms with Gasteiger partial charge in [-0.25, -0.2) is 0 Å². The summed E-state index contributed by atoms with van der Waals surface area (Å²) in [6.45, 7) is 3.75. The lowest BCUT2D eigenvalue weighted by Crippen LogP contribution is -1.80. The van der Waals surface area contributed by atoms with Crippen molar-refractivity contribution < 1.29 is 5.11 Å². The molecule has 0 aliphatic heterocycles. The molecule has 0 unspecified atom stereocenters. The van der Waals surface area contributed by atoms with Crippen molar-refractivity contribution in [2.45, 2.75) is 57.8 Å². The summed E-state index contributed by atoms with van der Waals surface area (Å²) in [4.78, 5) is 0. The van der Waals surface area contributed by atoms with Crippen molar-refractivity contribution in [3.05, 3.63) is 60.7 Å². The molecule has 0 amide bonds. The number of benzene rings is 1. The summed E-state index contributed by atoms with van der Waals surface area (Å²) < 4.78 is 0. The van der Waals surface area contributed by atoms with Crippen LogP contribution < -0.4 is 0 Å². The molecule has 0 aliphatic carbocycles. The Balaban J connectivity index is 1.98. The molecule has 0 saturated carbocycles. The minimum Gasteiger partial charge on any atom is -0.507 e. The van der Waals surface area contributed by atoms with Gasteiger partial charge in [0.05, 0.1) is 0 Å². The highest BCUT2D eigenvalue weighted by Crippen LogP contribution is 2.17. The maximum Gasteiger partial charge on any atom is 0.122 e. The zero-order valence-corrected chi connectivity index (χ0v) is 13.7. The van der Waals surface area contributed by atoms with E-state index in [1.165, 1.54) is 51.4 Å². The highest BCUT2D eigenvalue weighted by atomic mass is 16.3. The molecule has 0 radical (unpaired) electrons. The highest BCUT2D eigenvalue weighted by Gasteiger charge is 1.92. The molecule has 1 nitrogen and oxygen atoms in total. The van der Waals surface area contributed by atoms with Gasteiger partial charge in [-0.1, -0.05) is 80.7 Å². The van der Waals surface area contributed by atoms with Crippen molar-refractivity contribution in [3.8, 4) is 5.75 Å². The fourth-order valence-electron chi connectivity index (χ4n) is 2.40. The zero-order valence-electron chi connectivity index (χ0n) is 13.7. The molecule has 0 saturated heterocycles. The van der Waals surface area contributed by atoms with Gasteiger partial charge in [-0.2, -0.15) is 0 Å². The maximum absolute atomic E-state index is 9.62. The van der Waals surface area contributed by atoms with Crippen LogP contribution >= 0.6 is 0 Å². The fourth-order valence-corrected chi connectivity index (χ4v) is 2.40. The van der Waals surface area contributed by atoms with E-state index in [1.807, 2.05) is 36.4 Å². The van der Waals surface area contributed by atoms with Crippen molar-refractivity contribution in [2.75, 3.05) is 0 Å². The van der Waals surface area contributed by atoms with Crippen molar-refractivity contribution in [1.29, 1.82) is 0 Å². The van der Waals surface area contributed by atoms with Crippen LogP contribution in [0.4, 0.5) is 0 Å². The van der Waals surface area contributed by atoms with Crippen LogP contribution in [0.3, 0.4) is 0 Å². The van der Waals surface area contributed by atoms with Gasteiger partial charge in [0.15, 0.2) is 0 Å². The SMILES string of the molecule is C=CCCCCCCCCCC=CC=Cc1ccccc1O. The molecule has 0 spiro atoms. The van der Waals surface area contributed by atoms with Crippen molar-refractivity contribution in [3.63, 3.8) is 0 Å². The number of hydrogen-bond acceptors (Lipinski definition) is 1. The van der Waals surface area contributed by atoms with Gasteiger partial charge in [0.25, 0.3) is 0 Å². The minimum absolute atomic E-state index is 0.334. The second-order valence-corrected chi connectivity index (χ2v) is 5.69. The van der Waals surface area contributed by atoms with E-state index in [9.17, 15) is 5.11 Å². The molecule has 0 aromatic heterocycles. The van der Waals surface area contributed by atoms with Crippen molar-refractivity contribution in [1.82, 2.24) is 0 Å². The molecule has 0 aliphatic rings. The number of phenols is 1. The van der Waals surface area contributed by atoms with Crippen LogP contribution in [0.5, 0.6) is 5.75 Å². The zero-order chi connectivity index (χ0) is 15.9. The molecule has 0 atom stereocenters. The average molecular weight is 298 g/mol. The van der Waals surface area contributed by atoms with E-state index < -0.39 is 0 Å². The van der Waals surface area contributed by atoms with Gasteiger partial charge >= 0.3 is 0 Å². The van der Waals surface area contributed by atoms with E-state index in [1.54, 1.807) is 6.07 Å². The minimum atomic E-state index is 0.334. The lowest BCUT2D eigenvalue weighted by Gasteiger charge is -1.99. The Kier molecular flexibility index (Phi) is 10.8. The lowest BCUT2D eigenvalue weighted by molar-refractivity contribution is 0.474. The Hall–Kier alpha value is -1.76. The lowest BCUT2D eigenvalue weighted by atomic mass is 10.1. The Morgan fingerprint density at radius 2 is 1.45 bits per heavy atom. The molecule has 0 heterocycles. The number of aromatic hydroxyl groups is 1. The summed E-state index contributed by atoms with van der Waals surface area (Å²) in [6.07, 6.45) is 21.9. The molecule has 1 aromatic carbocycles. The van der Waals surface area contributed by atoms with E-state index in [-0.39, 0.29) is 0 Å². The summed E-state index contributed by atoms with van der Waals surface area (Å²) in [6, 6.07) is 7.39. The van der Waals surface area contributed by atoms with Crippen LogP contribution in [-0.4, -0.2) is 5.11 Å². The molecule has 1 heteroatoms. The van der Waals surface area contributed by atoms with Gasteiger partial charge < -0.3 is 5.11 Å². The molecular weight excluding hydrogens is 268 g/mol. The fraction of sp³-hybridized carbons (Fsp3) is 0.429. The molecule has 22 heavy (non-hydrogen) atoms. The average Bonchev–Trinajstić information content (AvgIpc) is 2.53. The topological polar surface area (TPSA) is 20.2 Å². The largest absolute Gasteiger partial charge is 0.507 e. The quantitative estimate of drug-likeness (QED) is 0.260. The monoisotopic (exact) mass is 298 g/mol. The van der Waals surface area contributed by atoms with Gasteiger partial charge in [-0.05, 0) is 31.7 Å². The third-order valence-corrected chi connectivity index (χ3v) is 3.74. The second-order valence-electron chi connectivity index (χ2n) is 5.69. The Morgan fingerprint density at radius 1 is 0.818 bits per heavy atom. The van der Waals surface area contributed by atoms with Gasteiger partial charge in [0, 0.05) is 5.56 Å². The van der Waals surface area contributed by atoms with Crippen molar-refractivity contribution in [2.24, 2.45) is 0 Å². The van der Waals surface area contributed by atoms with Crippen LogP contribution in [0.2, 0.25) is 0 Å². The molecule has 1 N–H and O–H groups in total. The first-order chi connectivity index (χ1) is 10.8. The summed E-state index contributed by atoms with van der Waals surface area (Å²) in [7, 11) is 0. The number of hydrogen-bond donors (Lipinski definition) is 1. The number of allylic oxidation sites excluding steroid dienone is 4. The number of unbranched alkanes of at least 4 members (excludes halogenated alkanes) is 8. The number of rotatable bonds is 12. The first-order valence-corrected chi connectivity index (χ1v) is 8.56. The van der Waals surface area contributed by atoms with Crippen molar-refractivity contribution >= 4 is 6.08 Å². The smallest absolute Gasteiger partial charge is 0.122 e. The number of phenolic OH excluding ortho intramolecular Hbond substituents is 1. The molecule has 1 aromatic rings. The van der Waals surface area contributed by atoms with Crippen LogP contribution in [0, 0.1) is 0 Å². The van der Waals surface area contributed by atoms with E-state index in [4.69, 9.17) is 0 Å². The number of para-hydroxylation sites is 1. The molecule has 1 rings (SSSR count). The van der Waals surface area contributed by atoms with Crippen LogP contribution in [0.15, 0.2) is 55.1 Å². The maximum atomic E-state index is 9.62. The molecule has 120 valence electrons. The van der Waals surface area contributed by atoms with Crippen LogP contribution in [0.1, 0.15) is 63.4 Å². The van der Waals surface area contributed by atoms with E-state index >= 15 is 0 Å². The predicted molar refractivity (Wildman–Crippen MR) is 98.0 cm³/mol. The van der Waals surface area contributed by atoms with Crippen LogP contribution in [0.25, 0.3) is 6.08 Å². The Morgan fingerprint density at radius 3 is 2.14 bits per heavy atom. The van der Waals surface area contributed by atoms with Crippen LogP contribution in [-0.2, 0) is 0 Å². The predicted octanol–water partition coefficient (Wildman–Crippen LogP) is 6.66. The van der Waals surface area contributed by atoms with Gasteiger partial charge in [-0.3, -0.25) is 0 Å². The first-order valence-electron chi connectivity index (χ1n) is 8.56. The summed E-state index contributed by atoms with van der Waals surface area (Å²) in [5.41, 5.74) is 0.864. The first kappa shape index (κ1) is 18.3. The molecular formula is C21H30O. The standard InChI is InChI=1S/C21H30O/c1-2-3-4-5-6-7-8-9-10-11-12-13-14-17-20-18-15-16-19-21(20)22/h2,12-19,22H,1,3-11H2. The van der Waals surface area contributed by atoms with E-state index in [0.29, 0.717) is 5.75 Å². The molecule has 0 fully saturated rings. The third kappa shape index (κ3) is 9.23. The highest BCUT2D eigenvalue weighted by molar-refractivity contribution is 5.57. The summed E-state index contributed by atoms with van der Waals surface area (Å²) >= 11 is 0. The third-order valence-electron chi connectivity index (χ3n) is 3.74. The van der Waals surface area contributed by atoms with E-state index in [0.717, 1.165) is 12.0 Å². The van der Waals surface area contributed by atoms with Gasteiger partial charge in [0.1, 0.15) is 5.75 Å². The van der Waals surface area contributed by atoms with Gasteiger partial charge in [-0.15, -0.1) is 6.58 Å². The summed E-state index contributed by atoms with van der Waals surface area (Å²) in [5, 5.41) is 9.62. The molecule has 0 bridgehead atoms. The van der Waals surface area contributed by atoms with E-state index in [2.05, 4.69) is 18.7 Å². The Labute approximate surface area is 136 Å². The summed E-state index contributed by atoms with van der Waals surface area (Å²) in [5.74, 6) is 0.334. The normalized spacial score (nSPS) is 11.5.